The fourth-order valence-corrected chi connectivity index (χ4v) is 5.19. The molecule has 0 fully saturated rings. The summed E-state index contributed by atoms with van der Waals surface area (Å²) in [5.74, 6) is 5.85. The number of aliphatic hydroxyl groups excluding tert-OH is 3. The summed E-state index contributed by atoms with van der Waals surface area (Å²) in [6.45, 7) is 1.14. The third-order valence-electron chi connectivity index (χ3n) is 6.77. The largest absolute Gasteiger partial charge is 0.388 e. The molecular weight excluding hydrogens is 580 g/mol. The molecule has 4 aromatic rings. The van der Waals surface area contributed by atoms with E-state index < -0.39 is 47.2 Å². The summed E-state index contributed by atoms with van der Waals surface area (Å²) in [6, 6.07) is 33.5. The molecule has 0 saturated heterocycles. The van der Waals surface area contributed by atoms with E-state index in [1.165, 1.54) is 12.1 Å². The van der Waals surface area contributed by atoms with Gasteiger partial charge in [0.15, 0.2) is 0 Å². The van der Waals surface area contributed by atoms with Crippen LogP contribution in [-0.2, 0) is 37.0 Å². The predicted molar refractivity (Wildman–Crippen MR) is 166 cm³/mol. The first-order valence-corrected chi connectivity index (χ1v) is 15.5. The third-order valence-corrected chi connectivity index (χ3v) is 8.07. The lowest BCUT2D eigenvalue weighted by molar-refractivity contribution is -0.164. The first-order chi connectivity index (χ1) is 21.2. The summed E-state index contributed by atoms with van der Waals surface area (Å²) in [5.41, 5.74) is 3.11. The Bertz CT molecular complexity index is 1590. The topological polar surface area (TPSA) is 123 Å². The number of aryl methyl sites for hydroxylation is 1. The van der Waals surface area contributed by atoms with Crippen LogP contribution in [0.15, 0.2) is 120 Å². The summed E-state index contributed by atoms with van der Waals surface area (Å²) >= 11 is 0. The lowest BCUT2D eigenvalue weighted by Gasteiger charge is -2.32. The fourth-order valence-electron chi connectivity index (χ4n) is 4.27. The van der Waals surface area contributed by atoms with Gasteiger partial charge in [-0.25, -0.2) is 0 Å². The molecule has 0 amide bonds. The minimum atomic E-state index is -4.22. The van der Waals surface area contributed by atoms with Crippen molar-refractivity contribution < 1.29 is 37.4 Å². The molecule has 3 N–H and O–H groups in total. The van der Waals surface area contributed by atoms with Gasteiger partial charge < -0.3 is 24.8 Å². The molecule has 9 heteroatoms. The van der Waals surface area contributed by atoms with E-state index in [2.05, 4.69) is 11.8 Å². The minimum absolute atomic E-state index is 0.0394. The van der Waals surface area contributed by atoms with E-state index in [4.69, 9.17) is 13.7 Å². The van der Waals surface area contributed by atoms with Crippen molar-refractivity contribution in [1.82, 2.24) is 0 Å². The van der Waals surface area contributed by atoms with Crippen LogP contribution in [-0.4, -0.2) is 60.9 Å². The van der Waals surface area contributed by atoms with Crippen LogP contribution in [0.5, 0.6) is 0 Å². The molecular formula is C35H36O8S. The van der Waals surface area contributed by atoms with Gasteiger partial charge >= 0.3 is 0 Å². The van der Waals surface area contributed by atoms with E-state index in [0.717, 1.165) is 16.7 Å². The van der Waals surface area contributed by atoms with Crippen LogP contribution in [0, 0.1) is 18.8 Å². The highest BCUT2D eigenvalue weighted by molar-refractivity contribution is 7.86. The fraction of sp³-hybridized carbons (Fsp3) is 0.257. The molecule has 0 heterocycles. The van der Waals surface area contributed by atoms with Crippen molar-refractivity contribution in [1.29, 1.82) is 0 Å². The van der Waals surface area contributed by atoms with E-state index in [9.17, 15) is 23.7 Å². The highest BCUT2D eigenvalue weighted by atomic mass is 32.2. The summed E-state index contributed by atoms with van der Waals surface area (Å²) in [5, 5.41) is 33.8. The first-order valence-electron chi connectivity index (χ1n) is 14.1. The summed E-state index contributed by atoms with van der Waals surface area (Å²) in [6.07, 6.45) is -7.72. The Hall–Kier alpha value is -3.85. The Morgan fingerprint density at radius 3 is 1.77 bits per heavy atom. The second kappa shape index (κ2) is 16.3. The van der Waals surface area contributed by atoms with Gasteiger partial charge in [-0.3, -0.25) is 4.18 Å². The normalized spacial score (nSPS) is 14.9. The molecule has 0 aliphatic rings. The van der Waals surface area contributed by atoms with Crippen LogP contribution in [0.25, 0.3) is 0 Å². The Labute approximate surface area is 258 Å². The quantitative estimate of drug-likeness (QED) is 0.144. The smallest absolute Gasteiger partial charge is 0.297 e. The first kappa shape index (κ1) is 33.1. The molecule has 0 saturated carbocycles. The summed E-state index contributed by atoms with van der Waals surface area (Å²) in [4.78, 5) is -0.0804. The molecule has 0 unspecified atom stereocenters. The summed E-state index contributed by atoms with van der Waals surface area (Å²) < 4.78 is 42.6. The number of hydrogen-bond donors (Lipinski definition) is 3. The van der Waals surface area contributed by atoms with Gasteiger partial charge in [0.1, 0.15) is 30.5 Å². The van der Waals surface area contributed by atoms with Crippen LogP contribution < -0.4 is 0 Å². The highest BCUT2D eigenvalue weighted by Crippen LogP contribution is 2.20. The van der Waals surface area contributed by atoms with Crippen molar-refractivity contribution in [2.45, 2.75) is 55.6 Å². The molecule has 8 nitrogen and oxygen atoms in total. The average molecular weight is 617 g/mol. The third kappa shape index (κ3) is 9.84. The molecule has 0 spiro atoms. The van der Waals surface area contributed by atoms with Crippen LogP contribution in [0.2, 0.25) is 0 Å². The van der Waals surface area contributed by atoms with Crippen molar-refractivity contribution >= 4 is 10.1 Å². The number of rotatable bonds is 14. The van der Waals surface area contributed by atoms with Gasteiger partial charge in [-0.1, -0.05) is 108 Å². The maximum atomic E-state index is 12.8. The maximum absolute atomic E-state index is 12.8. The monoisotopic (exact) mass is 616 g/mol. The second-order valence-corrected chi connectivity index (χ2v) is 11.8. The van der Waals surface area contributed by atoms with Crippen molar-refractivity contribution in [2.75, 3.05) is 6.61 Å². The highest BCUT2D eigenvalue weighted by Gasteiger charge is 2.38. The van der Waals surface area contributed by atoms with Crippen LogP contribution in [0.4, 0.5) is 0 Å². The van der Waals surface area contributed by atoms with Gasteiger partial charge in [-0.15, -0.1) is 0 Å². The van der Waals surface area contributed by atoms with Gasteiger partial charge in [0.05, 0.1) is 24.7 Å². The van der Waals surface area contributed by atoms with Crippen LogP contribution in [0.1, 0.15) is 22.3 Å². The number of benzene rings is 4. The lowest BCUT2D eigenvalue weighted by atomic mass is 9.98. The van der Waals surface area contributed by atoms with Gasteiger partial charge in [-0.2, -0.15) is 8.42 Å². The zero-order valence-electron chi connectivity index (χ0n) is 24.3. The van der Waals surface area contributed by atoms with E-state index >= 15 is 0 Å². The van der Waals surface area contributed by atoms with Crippen LogP contribution in [0.3, 0.4) is 0 Å². The van der Waals surface area contributed by atoms with E-state index in [1.54, 1.807) is 48.5 Å². The van der Waals surface area contributed by atoms with Gasteiger partial charge in [-0.05, 0) is 42.3 Å². The zero-order valence-corrected chi connectivity index (χ0v) is 25.1. The molecule has 0 aliphatic heterocycles. The second-order valence-electron chi connectivity index (χ2n) is 10.2. The van der Waals surface area contributed by atoms with Gasteiger partial charge in [0.2, 0.25) is 0 Å². The van der Waals surface area contributed by atoms with E-state index in [1.807, 2.05) is 61.5 Å². The molecule has 0 aliphatic carbocycles. The summed E-state index contributed by atoms with van der Waals surface area (Å²) in [7, 11) is -4.22. The average Bonchev–Trinajstić information content (AvgIpc) is 3.05. The van der Waals surface area contributed by atoms with Gasteiger partial charge in [0.25, 0.3) is 10.1 Å². The molecule has 0 aromatic heterocycles. The number of aliphatic hydroxyl groups is 3. The maximum Gasteiger partial charge on any atom is 0.297 e. The SMILES string of the molecule is Cc1ccc(S(=O)(=O)OC[C@@H](O)[C@@H](OCc2ccccc2)[C@H](O)[C@H](O)[C@H](C#Cc2ccccc2)OCc2ccccc2)cc1. The van der Waals surface area contributed by atoms with Crippen LogP contribution >= 0.6 is 0 Å². The Morgan fingerprint density at radius 1 is 0.682 bits per heavy atom. The molecule has 44 heavy (non-hydrogen) atoms. The number of ether oxygens (including phenoxy) is 2. The Balaban J connectivity index is 1.55. The van der Waals surface area contributed by atoms with Crippen molar-refractivity contribution in [3.63, 3.8) is 0 Å². The predicted octanol–water partition coefficient (Wildman–Crippen LogP) is 4.01. The Morgan fingerprint density at radius 2 is 1.20 bits per heavy atom. The zero-order chi connectivity index (χ0) is 31.4. The molecule has 230 valence electrons. The van der Waals surface area contributed by atoms with Crippen molar-refractivity contribution in [3.8, 4) is 11.8 Å². The molecule has 5 atom stereocenters. The van der Waals surface area contributed by atoms with E-state index in [0.29, 0.717) is 5.56 Å². The standard InChI is InChI=1S/C35H36O8S/c1-26-17-20-30(21-18-26)44(39,40)43-25-31(36)35(42-24-29-15-9-4-10-16-29)34(38)33(37)32(22-19-27-11-5-2-6-12-27)41-23-28-13-7-3-8-14-28/h2-18,20-21,31-38H,23-25H2,1H3/t31-,32+,33-,34-,35-/m1/s1. The molecule has 0 bridgehead atoms. The number of hydrogen-bond acceptors (Lipinski definition) is 8. The van der Waals surface area contributed by atoms with Crippen molar-refractivity contribution in [3.05, 3.63) is 138 Å². The molecule has 0 radical (unpaired) electrons. The lowest BCUT2D eigenvalue weighted by Crippen LogP contribution is -2.51. The molecule has 4 rings (SSSR count). The van der Waals surface area contributed by atoms with Gasteiger partial charge in [0, 0.05) is 5.56 Å². The van der Waals surface area contributed by atoms with E-state index in [-0.39, 0.29) is 18.1 Å². The molecule has 4 aromatic carbocycles. The minimum Gasteiger partial charge on any atom is -0.388 e. The van der Waals surface area contributed by atoms with Crippen molar-refractivity contribution in [2.24, 2.45) is 0 Å². The Kier molecular flexibility index (Phi) is 12.2.